The highest BCUT2D eigenvalue weighted by atomic mass is 35.5. The minimum absolute atomic E-state index is 0. The molecule has 0 radical (unpaired) electrons. The fourth-order valence-corrected chi connectivity index (χ4v) is 2.38. The number of piperazine rings is 1. The molecule has 3 N–H and O–H groups in total. The quantitative estimate of drug-likeness (QED) is 0.422. The zero-order chi connectivity index (χ0) is 14.5. The van der Waals surface area contributed by atoms with Gasteiger partial charge in [-0.15, -0.1) is 0 Å². The number of anilines is 2. The van der Waals surface area contributed by atoms with E-state index in [2.05, 4.69) is 22.5 Å². The van der Waals surface area contributed by atoms with E-state index in [0.717, 1.165) is 25.3 Å². The van der Waals surface area contributed by atoms with Crippen LogP contribution in [-0.2, 0) is 0 Å². The Morgan fingerprint density at radius 1 is 1.57 bits per heavy atom. The van der Waals surface area contributed by atoms with Crippen molar-refractivity contribution in [2.75, 3.05) is 43.0 Å². The molecule has 2 rings (SSSR count). The summed E-state index contributed by atoms with van der Waals surface area (Å²) < 4.78 is 0. The molecular weight excluding hydrogens is 296 g/mol. The fourth-order valence-electron chi connectivity index (χ4n) is 2.38. The molecule has 21 heavy (non-hydrogen) atoms. The lowest BCUT2D eigenvalue weighted by atomic mass is 10.1. The molecule has 0 aliphatic carbocycles. The number of rotatable bonds is 5. The van der Waals surface area contributed by atoms with Crippen LogP contribution >= 0.6 is 0 Å². The number of nitro groups is 1. The maximum absolute atomic E-state index is 11.0. The minimum atomic E-state index is -0.413. The molecule has 7 nitrogen and oxygen atoms in total. The van der Waals surface area contributed by atoms with Crippen molar-refractivity contribution in [3.63, 3.8) is 0 Å². The van der Waals surface area contributed by atoms with Crippen molar-refractivity contribution in [3.05, 3.63) is 28.3 Å². The topological polar surface area (TPSA) is 90.7 Å². The van der Waals surface area contributed by atoms with E-state index in [1.165, 1.54) is 6.07 Å². The van der Waals surface area contributed by atoms with Gasteiger partial charge in [0.25, 0.3) is 5.69 Å². The lowest BCUT2D eigenvalue weighted by molar-refractivity contribution is -0.383. The smallest absolute Gasteiger partial charge is 0.292 e. The van der Waals surface area contributed by atoms with Gasteiger partial charge in [0.05, 0.1) is 11.5 Å². The van der Waals surface area contributed by atoms with Gasteiger partial charge in [-0.1, -0.05) is 0 Å². The molecule has 1 unspecified atom stereocenters. The highest BCUT2D eigenvalue weighted by Crippen LogP contribution is 2.29. The number of aliphatic hydroxyl groups is 1. The zero-order valence-electron chi connectivity index (χ0n) is 11.9. The number of aliphatic hydroxyl groups excluding tert-OH is 1. The first kappa shape index (κ1) is 17.5. The van der Waals surface area contributed by atoms with Crippen LogP contribution in [0.4, 0.5) is 17.1 Å². The summed E-state index contributed by atoms with van der Waals surface area (Å²) in [5.74, 6) is 0. The molecule has 1 aromatic rings. The minimum Gasteiger partial charge on any atom is -1.00 e. The average molecular weight is 316 g/mol. The summed E-state index contributed by atoms with van der Waals surface area (Å²) in [7, 11) is 0. The second kappa shape index (κ2) is 8.02. The van der Waals surface area contributed by atoms with Crippen LogP contribution in [0.3, 0.4) is 0 Å². The van der Waals surface area contributed by atoms with Crippen LogP contribution in [0.5, 0.6) is 0 Å². The van der Waals surface area contributed by atoms with Crippen LogP contribution < -0.4 is 27.9 Å². The predicted molar refractivity (Wildman–Crippen MR) is 78.3 cm³/mol. The predicted octanol–water partition coefficient (Wildman–Crippen LogP) is -2.20. The van der Waals surface area contributed by atoms with Crippen LogP contribution in [0.25, 0.3) is 0 Å². The van der Waals surface area contributed by atoms with Crippen molar-refractivity contribution in [2.24, 2.45) is 0 Å². The first-order valence-electron chi connectivity index (χ1n) is 6.73. The fraction of sp³-hybridized carbons (Fsp3) is 0.538. The van der Waals surface area contributed by atoms with Gasteiger partial charge < -0.3 is 33.0 Å². The van der Waals surface area contributed by atoms with E-state index in [-0.39, 0.29) is 24.7 Å². The van der Waals surface area contributed by atoms with Gasteiger partial charge in [-0.25, -0.2) is 0 Å². The van der Waals surface area contributed by atoms with Crippen molar-refractivity contribution in [2.45, 2.75) is 13.0 Å². The van der Waals surface area contributed by atoms with Crippen molar-refractivity contribution in [3.8, 4) is 0 Å². The van der Waals surface area contributed by atoms with Crippen LogP contribution in [0.2, 0.25) is 0 Å². The van der Waals surface area contributed by atoms with Gasteiger partial charge in [-0.2, -0.15) is 0 Å². The molecule has 1 fully saturated rings. The number of nitrogens with one attached hydrogen (secondary N) is 2. The van der Waals surface area contributed by atoms with Gasteiger partial charge >= 0.3 is 0 Å². The van der Waals surface area contributed by atoms with E-state index in [1.54, 1.807) is 12.1 Å². The molecule has 0 amide bonds. The summed E-state index contributed by atoms with van der Waals surface area (Å²) >= 11 is 0. The molecule has 1 aliphatic rings. The average Bonchev–Trinajstić information content (AvgIpc) is 2.44. The molecule has 1 atom stereocenters. The largest absolute Gasteiger partial charge is 1.00 e. The zero-order valence-corrected chi connectivity index (χ0v) is 12.6. The highest BCUT2D eigenvalue weighted by Gasteiger charge is 2.19. The molecule has 118 valence electrons. The van der Waals surface area contributed by atoms with E-state index in [4.69, 9.17) is 5.11 Å². The second-order valence-corrected chi connectivity index (χ2v) is 4.91. The summed E-state index contributed by atoms with van der Waals surface area (Å²) in [6.07, 6.45) is 0. The summed E-state index contributed by atoms with van der Waals surface area (Å²) in [5, 5.41) is 26.1. The van der Waals surface area contributed by atoms with Gasteiger partial charge in [-0.3, -0.25) is 10.1 Å². The molecule has 8 heteroatoms. The van der Waals surface area contributed by atoms with Gasteiger partial charge in [0.2, 0.25) is 0 Å². The third kappa shape index (κ3) is 4.45. The molecule has 1 aliphatic heterocycles. The van der Waals surface area contributed by atoms with E-state index >= 15 is 0 Å². The van der Waals surface area contributed by atoms with Crippen LogP contribution in [0.15, 0.2) is 18.2 Å². The molecule has 1 heterocycles. The normalized spacial score (nSPS) is 18.0. The Labute approximate surface area is 129 Å². The second-order valence-electron chi connectivity index (χ2n) is 4.91. The van der Waals surface area contributed by atoms with Crippen LogP contribution in [-0.4, -0.2) is 48.9 Å². The third-order valence-corrected chi connectivity index (χ3v) is 3.34. The van der Waals surface area contributed by atoms with Crippen molar-refractivity contribution in [1.82, 2.24) is 5.32 Å². The summed E-state index contributed by atoms with van der Waals surface area (Å²) in [5.41, 5.74) is 1.45. The van der Waals surface area contributed by atoms with E-state index in [9.17, 15) is 10.1 Å². The molecule has 0 saturated carbocycles. The van der Waals surface area contributed by atoms with E-state index in [1.807, 2.05) is 0 Å². The Morgan fingerprint density at radius 3 is 2.95 bits per heavy atom. The van der Waals surface area contributed by atoms with Gasteiger partial charge in [0.15, 0.2) is 0 Å². The van der Waals surface area contributed by atoms with E-state index < -0.39 is 4.92 Å². The Kier molecular flexibility index (Phi) is 6.67. The maximum atomic E-state index is 11.0. The number of hydrogen-bond acceptors (Lipinski definition) is 6. The summed E-state index contributed by atoms with van der Waals surface area (Å²) in [6.45, 7) is 4.99. The third-order valence-electron chi connectivity index (χ3n) is 3.34. The Hall–Kier alpha value is -1.57. The molecular formula is C13H20ClN4O3-. The summed E-state index contributed by atoms with van der Waals surface area (Å²) in [4.78, 5) is 12.8. The van der Waals surface area contributed by atoms with Gasteiger partial charge in [0, 0.05) is 44.0 Å². The van der Waals surface area contributed by atoms with Crippen LogP contribution in [0.1, 0.15) is 6.92 Å². The van der Waals surface area contributed by atoms with Crippen molar-refractivity contribution >= 4 is 17.1 Å². The number of hydrogen-bond donors (Lipinski definition) is 3. The van der Waals surface area contributed by atoms with Crippen molar-refractivity contribution < 1.29 is 22.4 Å². The molecule has 0 aromatic heterocycles. The molecule has 0 bridgehead atoms. The monoisotopic (exact) mass is 315 g/mol. The van der Waals surface area contributed by atoms with Gasteiger partial charge in [-0.05, 0) is 19.1 Å². The number of halogens is 1. The first-order valence-corrected chi connectivity index (χ1v) is 6.73. The maximum Gasteiger partial charge on any atom is 0.292 e. The Bertz CT molecular complexity index is 486. The Morgan fingerprint density at radius 2 is 2.33 bits per heavy atom. The number of nitro benzene ring substituents is 1. The molecule has 1 saturated heterocycles. The number of benzene rings is 1. The van der Waals surface area contributed by atoms with E-state index in [0.29, 0.717) is 18.3 Å². The standard InChI is InChI=1S/C13H20N4O3.ClH/c1-10-9-16(6-4-14-10)11-2-3-13(17(19)20)12(8-11)15-5-7-18;/h2-3,8,10,14-15,18H,4-7,9H2,1H3;1H/p-1. The number of nitrogens with zero attached hydrogens (tertiary/aromatic N) is 2. The van der Waals surface area contributed by atoms with Gasteiger partial charge in [0.1, 0.15) is 5.69 Å². The SMILES string of the molecule is CC1CN(c2ccc([N+](=O)[O-])c(NCCO)c2)CCN1.[Cl-]. The van der Waals surface area contributed by atoms with Crippen molar-refractivity contribution in [1.29, 1.82) is 0 Å². The van der Waals surface area contributed by atoms with Crippen LogP contribution in [0, 0.1) is 10.1 Å². The first-order chi connectivity index (χ1) is 9.61. The highest BCUT2D eigenvalue weighted by molar-refractivity contribution is 5.69. The lowest BCUT2D eigenvalue weighted by Gasteiger charge is -2.33. The molecule has 1 aromatic carbocycles. The Balaban J connectivity index is 0.00000220. The lowest BCUT2D eigenvalue weighted by Crippen LogP contribution is -3.00. The summed E-state index contributed by atoms with van der Waals surface area (Å²) in [6, 6.07) is 5.47. The molecule has 0 spiro atoms.